The summed E-state index contributed by atoms with van der Waals surface area (Å²) in [6.07, 6.45) is 5.54. The minimum Gasteiger partial charge on any atom is -0.298 e. The summed E-state index contributed by atoms with van der Waals surface area (Å²) in [6, 6.07) is 1.56. The number of piperazine rings is 1. The van der Waals surface area contributed by atoms with Crippen molar-refractivity contribution < 1.29 is 0 Å². The molecule has 3 heterocycles. The van der Waals surface area contributed by atoms with Crippen LogP contribution in [0.3, 0.4) is 0 Å². The first-order chi connectivity index (χ1) is 8.85. The minimum absolute atomic E-state index is 0.701. The minimum atomic E-state index is 0.701. The number of fused-ring (bicyclic) bond motifs is 1. The van der Waals surface area contributed by atoms with Gasteiger partial charge >= 0.3 is 0 Å². The van der Waals surface area contributed by atoms with Crippen LogP contribution in [0, 0.1) is 0 Å². The van der Waals surface area contributed by atoms with Gasteiger partial charge in [0.2, 0.25) is 0 Å². The monoisotopic (exact) mass is 364 g/mol. The summed E-state index contributed by atoms with van der Waals surface area (Å²) < 4.78 is 3.41. The highest BCUT2D eigenvalue weighted by Crippen LogP contribution is 2.22. The summed E-state index contributed by atoms with van der Waals surface area (Å²) >= 11 is 2.31. The Balaban J connectivity index is 1.47. The molecule has 0 aliphatic carbocycles. The highest BCUT2D eigenvalue weighted by atomic mass is 127. The van der Waals surface area contributed by atoms with Gasteiger partial charge in [-0.2, -0.15) is 0 Å². The zero-order valence-electron chi connectivity index (χ0n) is 11.2. The Morgan fingerprint density at radius 3 is 2.67 bits per heavy atom. The van der Waals surface area contributed by atoms with Crippen LogP contribution >= 0.6 is 22.9 Å². The molecular weight excluding hydrogens is 339 g/mol. The number of halogens is 1. The maximum Gasteiger partial charge on any atom is 0.0508 e. The van der Waals surface area contributed by atoms with Gasteiger partial charge in [-0.15, -0.1) is 0 Å². The molecule has 0 aromatic rings. The number of hydrogen-bond donors (Lipinski definition) is 1. The van der Waals surface area contributed by atoms with Crippen molar-refractivity contribution in [3.05, 3.63) is 0 Å². The lowest BCUT2D eigenvalue weighted by atomic mass is 10.1. The highest BCUT2D eigenvalue weighted by Gasteiger charge is 2.31. The second-order valence-electron chi connectivity index (χ2n) is 6.08. The Morgan fingerprint density at radius 2 is 1.78 bits per heavy atom. The maximum absolute atomic E-state index is 3.41. The van der Waals surface area contributed by atoms with Gasteiger partial charge in [0.05, 0.1) is 6.67 Å². The predicted molar refractivity (Wildman–Crippen MR) is 82.8 cm³/mol. The quantitative estimate of drug-likeness (QED) is 0.599. The molecule has 4 nitrogen and oxygen atoms in total. The molecule has 104 valence electrons. The first kappa shape index (κ1) is 13.5. The standard InChI is InChI=1S/C13H25IN4/c14-15-12-3-1-5-16(9-12)11-17-7-8-18-6-2-4-13(18)10-17/h12-13,15H,1-11H2. The van der Waals surface area contributed by atoms with Crippen molar-refractivity contribution >= 4 is 22.9 Å². The van der Waals surface area contributed by atoms with Gasteiger partial charge in [-0.05, 0) is 38.8 Å². The predicted octanol–water partition coefficient (Wildman–Crippen LogP) is 1.13. The molecule has 0 radical (unpaired) electrons. The fourth-order valence-corrected chi connectivity index (χ4v) is 4.25. The van der Waals surface area contributed by atoms with Crippen molar-refractivity contribution in [2.75, 3.05) is 45.9 Å². The van der Waals surface area contributed by atoms with Crippen molar-refractivity contribution in [2.45, 2.75) is 37.8 Å². The Morgan fingerprint density at radius 1 is 0.944 bits per heavy atom. The lowest BCUT2D eigenvalue weighted by Crippen LogP contribution is -2.55. The molecule has 3 aliphatic rings. The first-order valence-electron chi connectivity index (χ1n) is 7.40. The first-order valence-corrected chi connectivity index (χ1v) is 8.48. The highest BCUT2D eigenvalue weighted by molar-refractivity contribution is 14.1. The van der Waals surface area contributed by atoms with Crippen LogP contribution in [-0.2, 0) is 0 Å². The average Bonchev–Trinajstić information content (AvgIpc) is 2.86. The number of likely N-dealkylation sites (tertiary alicyclic amines) is 1. The lowest BCUT2D eigenvalue weighted by molar-refractivity contribution is 0.0440. The molecule has 2 atom stereocenters. The van der Waals surface area contributed by atoms with Crippen LogP contribution < -0.4 is 3.53 Å². The molecule has 18 heavy (non-hydrogen) atoms. The van der Waals surface area contributed by atoms with E-state index in [0.717, 1.165) is 6.04 Å². The molecule has 0 aromatic carbocycles. The number of nitrogens with one attached hydrogen (secondary N) is 1. The van der Waals surface area contributed by atoms with Gasteiger partial charge in [0.25, 0.3) is 0 Å². The van der Waals surface area contributed by atoms with Crippen LogP contribution in [0.4, 0.5) is 0 Å². The van der Waals surface area contributed by atoms with E-state index in [1.807, 2.05) is 0 Å². The fourth-order valence-electron chi connectivity index (χ4n) is 3.74. The van der Waals surface area contributed by atoms with Crippen LogP contribution in [-0.4, -0.2) is 72.7 Å². The van der Waals surface area contributed by atoms with Crippen LogP contribution in [0.15, 0.2) is 0 Å². The third-order valence-electron chi connectivity index (χ3n) is 4.73. The zero-order valence-corrected chi connectivity index (χ0v) is 13.3. The molecule has 3 rings (SSSR count). The Bertz CT molecular complexity index is 276. The number of piperidine rings is 1. The van der Waals surface area contributed by atoms with E-state index in [1.165, 1.54) is 71.6 Å². The summed E-state index contributed by atoms with van der Waals surface area (Å²) in [5, 5.41) is 0. The molecule has 0 spiro atoms. The molecule has 0 aromatic heterocycles. The van der Waals surface area contributed by atoms with Gasteiger partial charge in [0.1, 0.15) is 0 Å². The molecule has 1 N–H and O–H groups in total. The largest absolute Gasteiger partial charge is 0.298 e. The molecule has 0 bridgehead atoms. The van der Waals surface area contributed by atoms with E-state index >= 15 is 0 Å². The van der Waals surface area contributed by atoms with E-state index in [1.54, 1.807) is 0 Å². The van der Waals surface area contributed by atoms with Crippen LogP contribution in [0.1, 0.15) is 25.7 Å². The van der Waals surface area contributed by atoms with Gasteiger partial charge in [-0.1, -0.05) is 0 Å². The molecule has 3 saturated heterocycles. The van der Waals surface area contributed by atoms with E-state index in [9.17, 15) is 0 Å². The molecule has 0 amide bonds. The number of nitrogens with zero attached hydrogens (tertiary/aromatic N) is 3. The molecular formula is C13H25IN4. The summed E-state index contributed by atoms with van der Waals surface area (Å²) in [7, 11) is 0. The molecule has 0 saturated carbocycles. The van der Waals surface area contributed by atoms with Crippen molar-refractivity contribution in [3.8, 4) is 0 Å². The summed E-state index contributed by atoms with van der Waals surface area (Å²) in [5.74, 6) is 0. The molecule has 3 aliphatic heterocycles. The fraction of sp³-hybridized carbons (Fsp3) is 1.00. The van der Waals surface area contributed by atoms with E-state index in [0.29, 0.717) is 6.04 Å². The normalized spacial score (nSPS) is 35.8. The van der Waals surface area contributed by atoms with Crippen molar-refractivity contribution in [1.29, 1.82) is 0 Å². The van der Waals surface area contributed by atoms with Crippen LogP contribution in [0.2, 0.25) is 0 Å². The third-order valence-corrected chi connectivity index (χ3v) is 5.61. The van der Waals surface area contributed by atoms with E-state index < -0.39 is 0 Å². The van der Waals surface area contributed by atoms with E-state index in [2.05, 4.69) is 41.1 Å². The van der Waals surface area contributed by atoms with Gasteiger partial charge in [0.15, 0.2) is 0 Å². The summed E-state index contributed by atoms with van der Waals surface area (Å²) in [6.45, 7) is 8.94. The molecule has 5 heteroatoms. The van der Waals surface area contributed by atoms with E-state index in [4.69, 9.17) is 0 Å². The number of hydrogen-bond acceptors (Lipinski definition) is 4. The Hall–Kier alpha value is 0.570. The van der Waals surface area contributed by atoms with Gasteiger partial charge in [-0.3, -0.25) is 18.2 Å². The molecule has 2 unspecified atom stereocenters. The van der Waals surface area contributed by atoms with Crippen molar-refractivity contribution in [1.82, 2.24) is 18.2 Å². The topological polar surface area (TPSA) is 21.8 Å². The van der Waals surface area contributed by atoms with Crippen LogP contribution in [0.25, 0.3) is 0 Å². The molecule has 3 fully saturated rings. The third kappa shape index (κ3) is 3.17. The van der Waals surface area contributed by atoms with Crippen molar-refractivity contribution in [2.24, 2.45) is 0 Å². The van der Waals surface area contributed by atoms with Gasteiger partial charge < -0.3 is 0 Å². The Kier molecular flexibility index (Phi) is 4.78. The van der Waals surface area contributed by atoms with E-state index in [-0.39, 0.29) is 0 Å². The van der Waals surface area contributed by atoms with Gasteiger partial charge in [0, 0.05) is 61.1 Å². The smallest absolute Gasteiger partial charge is 0.0508 e. The second kappa shape index (κ2) is 6.35. The lowest BCUT2D eigenvalue weighted by Gasteiger charge is -2.41. The Labute approximate surface area is 125 Å². The second-order valence-corrected chi connectivity index (χ2v) is 6.70. The average molecular weight is 364 g/mol. The van der Waals surface area contributed by atoms with Crippen molar-refractivity contribution in [3.63, 3.8) is 0 Å². The van der Waals surface area contributed by atoms with Crippen LogP contribution in [0.5, 0.6) is 0 Å². The summed E-state index contributed by atoms with van der Waals surface area (Å²) in [5.41, 5.74) is 0. The SMILES string of the molecule is INC1CCCN(CN2CCN3CCCC3C2)C1. The maximum atomic E-state index is 3.41. The zero-order chi connectivity index (χ0) is 12.4. The van der Waals surface area contributed by atoms with Gasteiger partial charge in [-0.25, -0.2) is 0 Å². The summed E-state index contributed by atoms with van der Waals surface area (Å²) in [4.78, 5) is 8.02. The number of rotatable bonds is 3.